The van der Waals surface area contributed by atoms with Crippen molar-refractivity contribution < 1.29 is 0 Å². The molecule has 1 saturated carbocycles. The van der Waals surface area contributed by atoms with E-state index in [4.69, 9.17) is 11.6 Å². The third kappa shape index (κ3) is 2.34. The molecular weight excluding hydrogens is 280 g/mol. The maximum atomic E-state index is 6.13. The summed E-state index contributed by atoms with van der Waals surface area (Å²) in [6.45, 7) is 0. The average molecular weight is 294 g/mol. The molecule has 1 aromatic rings. The van der Waals surface area contributed by atoms with E-state index in [1.807, 2.05) is 6.07 Å². The Balaban J connectivity index is 2.07. The van der Waals surface area contributed by atoms with E-state index in [1.54, 1.807) is 11.3 Å². The van der Waals surface area contributed by atoms with Crippen molar-refractivity contribution in [2.75, 3.05) is 0 Å². The number of rotatable bonds is 2. The summed E-state index contributed by atoms with van der Waals surface area (Å²) in [5.41, 5.74) is 0. The van der Waals surface area contributed by atoms with Crippen molar-refractivity contribution in [3.8, 4) is 0 Å². The van der Waals surface area contributed by atoms with Crippen molar-refractivity contribution in [1.29, 1.82) is 0 Å². The van der Waals surface area contributed by atoms with Gasteiger partial charge >= 0.3 is 0 Å². The summed E-state index contributed by atoms with van der Waals surface area (Å²) in [4.78, 5) is 1.80. The Morgan fingerprint density at radius 3 is 2.64 bits per heavy atom. The molecule has 0 aromatic carbocycles. The van der Waals surface area contributed by atoms with E-state index < -0.39 is 0 Å². The van der Waals surface area contributed by atoms with E-state index in [-0.39, 0.29) is 0 Å². The Morgan fingerprint density at radius 1 is 1.36 bits per heavy atom. The molecule has 1 atom stereocenters. The summed E-state index contributed by atoms with van der Waals surface area (Å²) in [7, 11) is 0. The molecule has 0 amide bonds. The molecule has 1 aliphatic carbocycles. The second-order valence-corrected chi connectivity index (χ2v) is 6.27. The van der Waals surface area contributed by atoms with Gasteiger partial charge in [0.05, 0.1) is 9.85 Å². The minimum atomic E-state index is 0.482. The van der Waals surface area contributed by atoms with Crippen LogP contribution in [0, 0.1) is 5.92 Å². The SMILES string of the molecule is Clc1ccsc1C(Br)C1CCCCC1. The molecule has 3 heteroatoms. The zero-order valence-electron chi connectivity index (χ0n) is 8.01. The van der Waals surface area contributed by atoms with Gasteiger partial charge < -0.3 is 0 Å². The monoisotopic (exact) mass is 292 g/mol. The summed E-state index contributed by atoms with van der Waals surface area (Å²) < 4.78 is 0. The quantitative estimate of drug-likeness (QED) is 0.639. The zero-order valence-corrected chi connectivity index (χ0v) is 11.2. The number of alkyl halides is 1. The molecule has 1 aromatic heterocycles. The van der Waals surface area contributed by atoms with E-state index in [1.165, 1.54) is 37.0 Å². The topological polar surface area (TPSA) is 0 Å². The summed E-state index contributed by atoms with van der Waals surface area (Å²) in [5.74, 6) is 0.792. The molecule has 0 nitrogen and oxygen atoms in total. The van der Waals surface area contributed by atoms with Crippen LogP contribution < -0.4 is 0 Å². The number of thiophene rings is 1. The van der Waals surface area contributed by atoms with Crippen LogP contribution in [0.3, 0.4) is 0 Å². The summed E-state index contributed by atoms with van der Waals surface area (Å²) in [6, 6.07) is 2.00. The highest BCUT2D eigenvalue weighted by Crippen LogP contribution is 2.44. The second-order valence-electron chi connectivity index (χ2n) is 3.93. The van der Waals surface area contributed by atoms with Crippen LogP contribution in [0.4, 0.5) is 0 Å². The van der Waals surface area contributed by atoms with E-state index in [2.05, 4.69) is 21.3 Å². The van der Waals surface area contributed by atoms with Gasteiger partial charge in [0.25, 0.3) is 0 Å². The second kappa shape index (κ2) is 5.00. The van der Waals surface area contributed by atoms with Gasteiger partial charge in [0.15, 0.2) is 0 Å². The Kier molecular flexibility index (Phi) is 3.92. The normalized spacial score (nSPS) is 21.0. The van der Waals surface area contributed by atoms with Crippen molar-refractivity contribution in [1.82, 2.24) is 0 Å². The van der Waals surface area contributed by atoms with Crippen LogP contribution in [0.1, 0.15) is 41.8 Å². The van der Waals surface area contributed by atoms with Gasteiger partial charge in [-0.2, -0.15) is 0 Å². The number of halogens is 2. The van der Waals surface area contributed by atoms with E-state index in [0.29, 0.717) is 4.83 Å². The lowest BCUT2D eigenvalue weighted by atomic mass is 9.86. The van der Waals surface area contributed by atoms with Gasteiger partial charge in [-0.15, -0.1) is 11.3 Å². The van der Waals surface area contributed by atoms with E-state index >= 15 is 0 Å². The van der Waals surface area contributed by atoms with Crippen molar-refractivity contribution in [2.24, 2.45) is 5.92 Å². The van der Waals surface area contributed by atoms with Crippen LogP contribution in [-0.4, -0.2) is 0 Å². The van der Waals surface area contributed by atoms with Crippen molar-refractivity contribution >= 4 is 38.9 Å². The molecule has 0 aliphatic heterocycles. The Bertz CT molecular complexity index is 291. The first-order valence-electron chi connectivity index (χ1n) is 5.16. The van der Waals surface area contributed by atoms with Crippen LogP contribution >= 0.6 is 38.9 Å². The first kappa shape index (κ1) is 11.0. The molecule has 14 heavy (non-hydrogen) atoms. The summed E-state index contributed by atoms with van der Waals surface area (Å²) >= 11 is 11.7. The van der Waals surface area contributed by atoms with Gasteiger partial charge in [0.1, 0.15) is 0 Å². The third-order valence-electron chi connectivity index (χ3n) is 2.96. The molecule has 1 unspecified atom stereocenters. The first-order chi connectivity index (χ1) is 6.79. The van der Waals surface area contributed by atoms with Gasteiger partial charge in [-0.3, -0.25) is 0 Å². The molecular formula is C11H14BrClS. The average Bonchev–Trinajstić information content (AvgIpc) is 2.65. The fourth-order valence-electron chi connectivity index (χ4n) is 2.14. The first-order valence-corrected chi connectivity index (χ1v) is 7.33. The predicted molar refractivity (Wildman–Crippen MR) is 67.6 cm³/mol. The maximum Gasteiger partial charge on any atom is 0.0556 e. The van der Waals surface area contributed by atoms with Crippen molar-refractivity contribution in [3.63, 3.8) is 0 Å². The highest BCUT2D eigenvalue weighted by atomic mass is 79.9. The lowest BCUT2D eigenvalue weighted by Crippen LogP contribution is -2.11. The molecule has 0 radical (unpaired) electrons. The van der Waals surface area contributed by atoms with Gasteiger partial charge in [-0.05, 0) is 30.2 Å². The van der Waals surface area contributed by atoms with Gasteiger partial charge in [-0.1, -0.05) is 46.8 Å². The van der Waals surface area contributed by atoms with Crippen LogP contribution in [0.5, 0.6) is 0 Å². The molecule has 2 rings (SSSR count). The zero-order chi connectivity index (χ0) is 9.97. The lowest BCUT2D eigenvalue weighted by Gasteiger charge is -2.25. The third-order valence-corrected chi connectivity index (χ3v) is 5.91. The predicted octanol–water partition coefficient (Wildman–Crippen LogP) is 5.42. The minimum absolute atomic E-state index is 0.482. The Hall–Kier alpha value is 0.470. The van der Waals surface area contributed by atoms with Gasteiger partial charge in [-0.25, -0.2) is 0 Å². The van der Waals surface area contributed by atoms with Crippen LogP contribution in [0.25, 0.3) is 0 Å². The molecule has 1 aliphatic rings. The molecule has 78 valence electrons. The Labute approximate surface area is 103 Å². The molecule has 0 bridgehead atoms. The van der Waals surface area contributed by atoms with Gasteiger partial charge in [0, 0.05) is 4.88 Å². The van der Waals surface area contributed by atoms with Crippen LogP contribution in [-0.2, 0) is 0 Å². The van der Waals surface area contributed by atoms with Crippen molar-refractivity contribution in [2.45, 2.75) is 36.9 Å². The number of hydrogen-bond acceptors (Lipinski definition) is 1. The van der Waals surface area contributed by atoms with E-state index in [0.717, 1.165) is 10.9 Å². The smallest absolute Gasteiger partial charge is 0.0556 e. The molecule has 1 heterocycles. The Morgan fingerprint density at radius 2 is 2.07 bits per heavy atom. The van der Waals surface area contributed by atoms with Crippen LogP contribution in [0.15, 0.2) is 11.4 Å². The molecule has 1 fully saturated rings. The summed E-state index contributed by atoms with van der Waals surface area (Å²) in [6.07, 6.45) is 6.88. The maximum absolute atomic E-state index is 6.13. The standard InChI is InChI=1S/C11H14BrClS/c12-10(8-4-2-1-3-5-8)11-9(13)6-7-14-11/h6-8,10H,1-5H2. The molecule has 0 saturated heterocycles. The molecule has 0 spiro atoms. The highest BCUT2D eigenvalue weighted by molar-refractivity contribution is 9.09. The van der Waals surface area contributed by atoms with Gasteiger partial charge in [0.2, 0.25) is 0 Å². The lowest BCUT2D eigenvalue weighted by molar-refractivity contribution is 0.356. The van der Waals surface area contributed by atoms with Crippen molar-refractivity contribution in [3.05, 3.63) is 21.3 Å². The van der Waals surface area contributed by atoms with E-state index in [9.17, 15) is 0 Å². The van der Waals surface area contributed by atoms with Crippen LogP contribution in [0.2, 0.25) is 5.02 Å². The minimum Gasteiger partial charge on any atom is -0.146 e. The molecule has 0 N–H and O–H groups in total. The fraction of sp³-hybridized carbons (Fsp3) is 0.636. The number of hydrogen-bond donors (Lipinski definition) is 0. The fourth-order valence-corrected chi connectivity index (χ4v) is 4.62. The highest BCUT2D eigenvalue weighted by Gasteiger charge is 2.24. The largest absolute Gasteiger partial charge is 0.146 e. The summed E-state index contributed by atoms with van der Waals surface area (Å²) in [5, 5.41) is 3.01.